The molecule has 1 rings (SSSR count). The SMILES string of the molecule is CCN(C)CCNC(=O)c1ccc(C(=O)O)c(C)n1. The van der Waals surface area contributed by atoms with E-state index in [4.69, 9.17) is 5.11 Å². The molecular weight excluding hydrogens is 246 g/mol. The highest BCUT2D eigenvalue weighted by Crippen LogP contribution is 2.06. The van der Waals surface area contributed by atoms with Gasteiger partial charge in [-0.3, -0.25) is 4.79 Å². The zero-order valence-corrected chi connectivity index (χ0v) is 11.4. The third kappa shape index (κ3) is 4.33. The molecule has 0 aliphatic rings. The van der Waals surface area contributed by atoms with Crippen LogP contribution in [0.1, 0.15) is 33.5 Å². The van der Waals surface area contributed by atoms with E-state index in [0.29, 0.717) is 12.2 Å². The minimum Gasteiger partial charge on any atom is -0.478 e. The fourth-order valence-electron chi connectivity index (χ4n) is 1.52. The Balaban J connectivity index is 2.63. The fraction of sp³-hybridized carbons (Fsp3) is 0.462. The minimum atomic E-state index is -1.04. The van der Waals surface area contributed by atoms with Gasteiger partial charge in [0.15, 0.2) is 0 Å². The van der Waals surface area contributed by atoms with E-state index in [-0.39, 0.29) is 17.2 Å². The van der Waals surface area contributed by atoms with Crippen LogP contribution in [0.25, 0.3) is 0 Å². The molecule has 1 amide bonds. The van der Waals surface area contributed by atoms with E-state index in [1.54, 1.807) is 6.92 Å². The average Bonchev–Trinajstić information content (AvgIpc) is 2.37. The molecule has 6 heteroatoms. The molecule has 6 nitrogen and oxygen atoms in total. The molecule has 0 radical (unpaired) electrons. The van der Waals surface area contributed by atoms with E-state index in [0.717, 1.165) is 13.1 Å². The Labute approximate surface area is 112 Å². The van der Waals surface area contributed by atoms with Crippen LogP contribution in [-0.4, -0.2) is 53.5 Å². The average molecular weight is 265 g/mol. The Morgan fingerprint density at radius 3 is 2.63 bits per heavy atom. The van der Waals surface area contributed by atoms with Crippen LogP contribution in [0, 0.1) is 6.92 Å². The lowest BCUT2D eigenvalue weighted by Crippen LogP contribution is -2.33. The number of rotatable bonds is 6. The molecule has 2 N–H and O–H groups in total. The highest BCUT2D eigenvalue weighted by molar-refractivity contribution is 5.94. The van der Waals surface area contributed by atoms with Crippen LogP contribution >= 0.6 is 0 Å². The highest BCUT2D eigenvalue weighted by atomic mass is 16.4. The summed E-state index contributed by atoms with van der Waals surface area (Å²) < 4.78 is 0. The predicted molar refractivity (Wildman–Crippen MR) is 71.4 cm³/mol. The first-order chi connectivity index (χ1) is 8.95. The summed E-state index contributed by atoms with van der Waals surface area (Å²) in [7, 11) is 1.97. The standard InChI is InChI=1S/C13H19N3O3/c1-4-16(3)8-7-14-12(17)11-6-5-10(13(18)19)9(2)15-11/h5-6H,4,7-8H2,1-3H3,(H,14,17)(H,18,19). The topological polar surface area (TPSA) is 82.5 Å². The van der Waals surface area contributed by atoms with Gasteiger partial charge in [0, 0.05) is 13.1 Å². The second-order valence-corrected chi connectivity index (χ2v) is 4.29. The van der Waals surface area contributed by atoms with Crippen molar-refractivity contribution in [2.45, 2.75) is 13.8 Å². The summed E-state index contributed by atoms with van der Waals surface area (Å²) in [5, 5.41) is 11.6. The smallest absolute Gasteiger partial charge is 0.337 e. The van der Waals surface area contributed by atoms with Gasteiger partial charge >= 0.3 is 5.97 Å². The van der Waals surface area contributed by atoms with Gasteiger partial charge in [0.25, 0.3) is 5.91 Å². The molecule has 0 saturated heterocycles. The summed E-state index contributed by atoms with van der Waals surface area (Å²) in [4.78, 5) is 28.7. The number of pyridine rings is 1. The van der Waals surface area contributed by atoms with Gasteiger partial charge in [-0.25, -0.2) is 9.78 Å². The maximum absolute atomic E-state index is 11.8. The van der Waals surface area contributed by atoms with Crippen molar-refractivity contribution < 1.29 is 14.7 Å². The molecular formula is C13H19N3O3. The quantitative estimate of drug-likeness (QED) is 0.794. The van der Waals surface area contributed by atoms with Crippen molar-refractivity contribution in [1.29, 1.82) is 0 Å². The molecule has 0 saturated carbocycles. The van der Waals surface area contributed by atoms with Crippen LogP contribution < -0.4 is 5.32 Å². The third-order valence-corrected chi connectivity index (χ3v) is 2.87. The molecule has 0 aromatic carbocycles. The van der Waals surface area contributed by atoms with Gasteiger partial charge in [-0.2, -0.15) is 0 Å². The molecule has 0 fully saturated rings. The first-order valence-electron chi connectivity index (χ1n) is 6.13. The van der Waals surface area contributed by atoms with Crippen molar-refractivity contribution in [2.24, 2.45) is 0 Å². The number of carboxylic acid groups (broad SMARTS) is 1. The number of nitrogens with one attached hydrogen (secondary N) is 1. The number of aryl methyl sites for hydroxylation is 1. The Morgan fingerprint density at radius 1 is 1.42 bits per heavy atom. The van der Waals surface area contributed by atoms with E-state index in [2.05, 4.69) is 15.2 Å². The van der Waals surface area contributed by atoms with Crippen molar-refractivity contribution in [3.05, 3.63) is 29.1 Å². The van der Waals surface area contributed by atoms with Gasteiger partial charge < -0.3 is 15.3 Å². The van der Waals surface area contributed by atoms with Crippen molar-refractivity contribution in [3.63, 3.8) is 0 Å². The van der Waals surface area contributed by atoms with Gasteiger partial charge in [0.05, 0.1) is 11.3 Å². The first-order valence-corrected chi connectivity index (χ1v) is 6.13. The van der Waals surface area contributed by atoms with Crippen molar-refractivity contribution in [1.82, 2.24) is 15.2 Å². The fourth-order valence-corrected chi connectivity index (χ4v) is 1.52. The van der Waals surface area contributed by atoms with E-state index in [1.165, 1.54) is 12.1 Å². The molecule has 0 bridgehead atoms. The van der Waals surface area contributed by atoms with Crippen LogP contribution in [0.3, 0.4) is 0 Å². The lowest BCUT2D eigenvalue weighted by molar-refractivity contribution is 0.0694. The van der Waals surface area contributed by atoms with Crippen LogP contribution in [0.2, 0.25) is 0 Å². The van der Waals surface area contributed by atoms with Gasteiger partial charge in [0.2, 0.25) is 0 Å². The number of hydrogen-bond acceptors (Lipinski definition) is 4. The van der Waals surface area contributed by atoms with Crippen molar-refractivity contribution in [2.75, 3.05) is 26.7 Å². The Morgan fingerprint density at radius 2 is 2.11 bits per heavy atom. The molecule has 1 aromatic rings. The molecule has 0 aliphatic heterocycles. The second-order valence-electron chi connectivity index (χ2n) is 4.29. The van der Waals surface area contributed by atoms with Gasteiger partial charge in [-0.05, 0) is 32.6 Å². The molecule has 0 unspecified atom stereocenters. The number of nitrogens with zero attached hydrogens (tertiary/aromatic N) is 2. The molecule has 19 heavy (non-hydrogen) atoms. The molecule has 0 aliphatic carbocycles. The molecule has 1 aromatic heterocycles. The lowest BCUT2D eigenvalue weighted by atomic mass is 10.2. The number of likely N-dealkylation sites (N-methyl/N-ethyl adjacent to an activating group) is 1. The van der Waals surface area contributed by atoms with Crippen molar-refractivity contribution in [3.8, 4) is 0 Å². The van der Waals surface area contributed by atoms with Gasteiger partial charge in [-0.15, -0.1) is 0 Å². The summed E-state index contributed by atoms with van der Waals surface area (Å²) >= 11 is 0. The Kier molecular flexibility index (Phi) is 5.44. The van der Waals surface area contributed by atoms with E-state index < -0.39 is 5.97 Å². The Bertz CT molecular complexity index is 474. The number of amides is 1. The zero-order valence-electron chi connectivity index (χ0n) is 11.4. The number of carbonyl (C=O) groups excluding carboxylic acids is 1. The summed E-state index contributed by atoms with van der Waals surface area (Å²) in [6, 6.07) is 2.83. The summed E-state index contributed by atoms with van der Waals surface area (Å²) in [5.41, 5.74) is 0.690. The zero-order chi connectivity index (χ0) is 14.4. The first kappa shape index (κ1) is 15.1. The third-order valence-electron chi connectivity index (χ3n) is 2.87. The highest BCUT2D eigenvalue weighted by Gasteiger charge is 2.12. The maximum atomic E-state index is 11.8. The normalized spacial score (nSPS) is 10.5. The maximum Gasteiger partial charge on any atom is 0.337 e. The van der Waals surface area contributed by atoms with Crippen LogP contribution in [0.15, 0.2) is 12.1 Å². The van der Waals surface area contributed by atoms with E-state index >= 15 is 0 Å². The second kappa shape index (κ2) is 6.84. The summed E-state index contributed by atoms with van der Waals surface area (Å²) in [6.07, 6.45) is 0. The van der Waals surface area contributed by atoms with E-state index in [9.17, 15) is 9.59 Å². The minimum absolute atomic E-state index is 0.113. The number of carbonyl (C=O) groups is 2. The number of aromatic carboxylic acids is 1. The number of aromatic nitrogens is 1. The lowest BCUT2D eigenvalue weighted by Gasteiger charge is -2.13. The molecule has 1 heterocycles. The molecule has 0 atom stereocenters. The molecule has 0 spiro atoms. The van der Waals surface area contributed by atoms with Crippen molar-refractivity contribution >= 4 is 11.9 Å². The van der Waals surface area contributed by atoms with Gasteiger partial charge in [-0.1, -0.05) is 6.92 Å². The number of hydrogen-bond donors (Lipinski definition) is 2. The Hall–Kier alpha value is -1.95. The largest absolute Gasteiger partial charge is 0.478 e. The predicted octanol–water partition coefficient (Wildman–Crippen LogP) is 0.770. The summed E-state index contributed by atoms with van der Waals surface area (Å²) in [6.45, 7) is 5.82. The monoisotopic (exact) mass is 265 g/mol. The summed E-state index contributed by atoms with van der Waals surface area (Å²) in [5.74, 6) is -1.33. The van der Waals surface area contributed by atoms with Crippen LogP contribution in [0.4, 0.5) is 0 Å². The number of carboxylic acids is 1. The van der Waals surface area contributed by atoms with Gasteiger partial charge in [0.1, 0.15) is 5.69 Å². The van der Waals surface area contributed by atoms with Crippen LogP contribution in [-0.2, 0) is 0 Å². The molecule has 104 valence electrons. The van der Waals surface area contributed by atoms with E-state index in [1.807, 2.05) is 14.0 Å². The van der Waals surface area contributed by atoms with Crippen LogP contribution in [0.5, 0.6) is 0 Å².